The Morgan fingerprint density at radius 2 is 2.10 bits per heavy atom. The number of anilines is 1. The lowest BCUT2D eigenvalue weighted by Crippen LogP contribution is -2.18. The largest absolute Gasteiger partial charge is 0.478 e. The Morgan fingerprint density at radius 3 is 2.62 bits per heavy atom. The highest BCUT2D eigenvalue weighted by Crippen LogP contribution is 2.35. The summed E-state index contributed by atoms with van der Waals surface area (Å²) in [7, 11) is 0. The Bertz CT molecular complexity index is 528. The zero-order valence-electron chi connectivity index (χ0n) is 11.7. The van der Waals surface area contributed by atoms with Crippen LogP contribution < -0.4 is 5.32 Å². The molecule has 3 nitrogen and oxygen atoms in total. The topological polar surface area (TPSA) is 49.3 Å². The van der Waals surface area contributed by atoms with E-state index >= 15 is 0 Å². The molecule has 116 valence electrons. The molecular weight excluding hydrogens is 283 g/mol. The number of rotatable bonds is 4. The molecule has 2 atom stereocenters. The first-order valence-electron chi connectivity index (χ1n) is 6.97. The average Bonchev–Trinajstić information content (AvgIpc) is 2.80. The van der Waals surface area contributed by atoms with Crippen molar-refractivity contribution in [1.82, 2.24) is 0 Å². The first-order valence-corrected chi connectivity index (χ1v) is 6.97. The van der Waals surface area contributed by atoms with Gasteiger partial charge in [0.1, 0.15) is 0 Å². The molecule has 1 aliphatic carbocycles. The second kappa shape index (κ2) is 5.95. The van der Waals surface area contributed by atoms with E-state index in [4.69, 9.17) is 5.11 Å². The zero-order valence-corrected chi connectivity index (χ0v) is 11.7. The van der Waals surface area contributed by atoms with E-state index in [2.05, 4.69) is 12.2 Å². The van der Waals surface area contributed by atoms with Crippen molar-refractivity contribution >= 4 is 11.7 Å². The Hall–Kier alpha value is -1.72. The van der Waals surface area contributed by atoms with E-state index in [0.717, 1.165) is 31.4 Å². The standard InChI is InChI=1S/C15H18F3NO2/c1-9-3-2-4-10(9)8-19-11-5-6-12(14(20)21)13(7-11)15(16,17)18/h5-7,9-10,19H,2-4,8H2,1H3,(H,20,21). The maximum Gasteiger partial charge on any atom is 0.417 e. The van der Waals surface area contributed by atoms with Crippen molar-refractivity contribution in [2.24, 2.45) is 11.8 Å². The Balaban J connectivity index is 2.16. The predicted octanol–water partition coefficient (Wildman–Crippen LogP) is 4.25. The van der Waals surface area contributed by atoms with Crippen molar-refractivity contribution in [3.8, 4) is 0 Å². The fourth-order valence-electron chi connectivity index (χ4n) is 2.85. The van der Waals surface area contributed by atoms with Gasteiger partial charge < -0.3 is 10.4 Å². The molecule has 0 saturated heterocycles. The molecule has 0 heterocycles. The fraction of sp³-hybridized carbons (Fsp3) is 0.533. The van der Waals surface area contributed by atoms with E-state index in [1.165, 1.54) is 6.07 Å². The lowest BCUT2D eigenvalue weighted by Gasteiger charge is -2.18. The van der Waals surface area contributed by atoms with E-state index in [9.17, 15) is 18.0 Å². The van der Waals surface area contributed by atoms with Crippen LogP contribution in [-0.2, 0) is 6.18 Å². The molecule has 1 fully saturated rings. The van der Waals surface area contributed by atoms with Crippen LogP contribution in [0.3, 0.4) is 0 Å². The molecular formula is C15H18F3NO2. The van der Waals surface area contributed by atoms with Gasteiger partial charge in [-0.05, 0) is 36.5 Å². The lowest BCUT2D eigenvalue weighted by molar-refractivity contribution is -0.138. The number of benzene rings is 1. The van der Waals surface area contributed by atoms with Gasteiger partial charge in [-0.3, -0.25) is 0 Å². The van der Waals surface area contributed by atoms with Crippen LogP contribution in [-0.4, -0.2) is 17.6 Å². The van der Waals surface area contributed by atoms with Gasteiger partial charge in [0, 0.05) is 12.2 Å². The van der Waals surface area contributed by atoms with Crippen molar-refractivity contribution in [3.63, 3.8) is 0 Å². The summed E-state index contributed by atoms with van der Waals surface area (Å²) >= 11 is 0. The highest BCUT2D eigenvalue weighted by molar-refractivity contribution is 5.90. The summed E-state index contributed by atoms with van der Waals surface area (Å²) in [5.74, 6) is -0.547. The van der Waals surface area contributed by atoms with Crippen LogP contribution in [0.25, 0.3) is 0 Å². The molecule has 6 heteroatoms. The molecule has 2 N–H and O–H groups in total. The maximum absolute atomic E-state index is 12.9. The Morgan fingerprint density at radius 1 is 1.38 bits per heavy atom. The fourth-order valence-corrected chi connectivity index (χ4v) is 2.85. The number of aromatic carboxylic acids is 1. The van der Waals surface area contributed by atoms with Crippen molar-refractivity contribution in [2.75, 3.05) is 11.9 Å². The van der Waals surface area contributed by atoms with Gasteiger partial charge in [-0.15, -0.1) is 0 Å². The molecule has 1 aromatic rings. The van der Waals surface area contributed by atoms with Crippen LogP contribution in [0.1, 0.15) is 42.1 Å². The smallest absolute Gasteiger partial charge is 0.417 e. The number of carbonyl (C=O) groups is 1. The van der Waals surface area contributed by atoms with Gasteiger partial charge in [-0.1, -0.05) is 19.8 Å². The van der Waals surface area contributed by atoms with Crippen molar-refractivity contribution < 1.29 is 23.1 Å². The molecule has 21 heavy (non-hydrogen) atoms. The first kappa shape index (κ1) is 15.7. The number of hydrogen-bond acceptors (Lipinski definition) is 2. The summed E-state index contributed by atoms with van der Waals surface area (Å²) in [5.41, 5.74) is -1.52. The normalized spacial score (nSPS) is 22.3. The van der Waals surface area contributed by atoms with Gasteiger partial charge in [0.15, 0.2) is 0 Å². The summed E-state index contributed by atoms with van der Waals surface area (Å²) in [4.78, 5) is 10.9. The maximum atomic E-state index is 12.9. The van der Waals surface area contributed by atoms with E-state index in [0.29, 0.717) is 24.1 Å². The molecule has 0 amide bonds. The molecule has 1 aliphatic rings. The number of halogens is 3. The van der Waals surface area contributed by atoms with Gasteiger partial charge in [0.05, 0.1) is 11.1 Å². The molecule has 0 spiro atoms. The molecule has 0 bridgehead atoms. The molecule has 1 saturated carbocycles. The van der Waals surface area contributed by atoms with Crippen LogP contribution >= 0.6 is 0 Å². The lowest BCUT2D eigenvalue weighted by atomic mass is 9.98. The van der Waals surface area contributed by atoms with E-state index in [1.807, 2.05) is 0 Å². The third-order valence-corrected chi connectivity index (χ3v) is 4.16. The van der Waals surface area contributed by atoms with Gasteiger partial charge in [-0.25, -0.2) is 4.79 Å². The van der Waals surface area contributed by atoms with E-state index < -0.39 is 23.3 Å². The highest BCUT2D eigenvalue weighted by Gasteiger charge is 2.35. The van der Waals surface area contributed by atoms with Gasteiger partial charge in [0.2, 0.25) is 0 Å². The monoisotopic (exact) mass is 301 g/mol. The third kappa shape index (κ3) is 3.68. The van der Waals surface area contributed by atoms with Crippen LogP contribution in [0.5, 0.6) is 0 Å². The first-order chi connectivity index (χ1) is 9.79. The van der Waals surface area contributed by atoms with Crippen LogP contribution in [0.2, 0.25) is 0 Å². The number of alkyl halides is 3. The molecule has 2 unspecified atom stereocenters. The summed E-state index contributed by atoms with van der Waals surface area (Å²) in [6, 6.07) is 3.27. The van der Waals surface area contributed by atoms with Crippen molar-refractivity contribution in [1.29, 1.82) is 0 Å². The van der Waals surface area contributed by atoms with Crippen molar-refractivity contribution in [3.05, 3.63) is 29.3 Å². The molecule has 0 aliphatic heterocycles. The Labute approximate surface area is 121 Å². The zero-order chi connectivity index (χ0) is 15.6. The van der Waals surface area contributed by atoms with E-state index in [-0.39, 0.29) is 0 Å². The predicted molar refractivity (Wildman–Crippen MR) is 73.4 cm³/mol. The van der Waals surface area contributed by atoms with Crippen molar-refractivity contribution in [2.45, 2.75) is 32.4 Å². The van der Waals surface area contributed by atoms with Crippen LogP contribution in [0.4, 0.5) is 18.9 Å². The Kier molecular flexibility index (Phi) is 4.44. The minimum Gasteiger partial charge on any atom is -0.478 e. The summed E-state index contributed by atoms with van der Waals surface area (Å²) in [6.45, 7) is 2.76. The summed E-state index contributed by atoms with van der Waals surface area (Å²) in [5, 5.41) is 11.8. The summed E-state index contributed by atoms with van der Waals surface area (Å²) < 4.78 is 38.7. The number of carboxylic acid groups (broad SMARTS) is 1. The minimum atomic E-state index is -4.67. The minimum absolute atomic E-state index is 0.312. The second-order valence-electron chi connectivity index (χ2n) is 5.61. The molecule has 0 aromatic heterocycles. The molecule has 0 radical (unpaired) electrons. The average molecular weight is 301 g/mol. The number of hydrogen-bond donors (Lipinski definition) is 2. The molecule has 1 aromatic carbocycles. The highest BCUT2D eigenvalue weighted by atomic mass is 19.4. The number of carboxylic acids is 1. The number of nitrogens with one attached hydrogen (secondary N) is 1. The van der Waals surface area contributed by atoms with Gasteiger partial charge >= 0.3 is 12.1 Å². The van der Waals surface area contributed by atoms with Crippen LogP contribution in [0.15, 0.2) is 18.2 Å². The SMILES string of the molecule is CC1CCCC1CNc1ccc(C(=O)O)c(C(F)(F)F)c1. The molecule has 2 rings (SSSR count). The second-order valence-corrected chi connectivity index (χ2v) is 5.61. The quantitative estimate of drug-likeness (QED) is 0.874. The summed E-state index contributed by atoms with van der Waals surface area (Å²) in [6.07, 6.45) is -1.29. The van der Waals surface area contributed by atoms with Crippen LogP contribution in [0, 0.1) is 11.8 Å². The van der Waals surface area contributed by atoms with E-state index in [1.54, 1.807) is 0 Å². The van der Waals surface area contributed by atoms with Gasteiger partial charge in [-0.2, -0.15) is 13.2 Å². The third-order valence-electron chi connectivity index (χ3n) is 4.16. The van der Waals surface area contributed by atoms with Gasteiger partial charge in [0.25, 0.3) is 0 Å².